The normalized spacial score (nSPS) is 19.5. The Hall–Kier alpha value is -2.66. The Labute approximate surface area is 511 Å². The van der Waals surface area contributed by atoms with E-state index in [0.29, 0.717) is 13.0 Å². The fraction of sp³-hybridized carbons (Fsp3) is 0.818. The molecule has 0 bridgehead atoms. The number of esters is 2. The summed E-state index contributed by atoms with van der Waals surface area (Å²) in [4.78, 5) is 30.8. The predicted molar refractivity (Wildman–Crippen MR) is 360 cm³/mol. The maximum absolute atomic E-state index is 14.3. The summed E-state index contributed by atoms with van der Waals surface area (Å²) in [5, 5.41) is 0. The molecule has 474 valence electrons. The molecule has 1 aliphatic heterocycles. The maximum atomic E-state index is 14.3. The second kappa shape index (κ2) is 56.2. The molecule has 2 aliphatic rings. The van der Waals surface area contributed by atoms with Crippen molar-refractivity contribution >= 4 is 11.9 Å². The van der Waals surface area contributed by atoms with E-state index in [1.165, 1.54) is 270 Å². The molecule has 1 heterocycles. The molecule has 82 heavy (non-hydrogen) atoms. The zero-order valence-corrected chi connectivity index (χ0v) is 55.6. The van der Waals surface area contributed by atoms with Crippen LogP contribution in [0.15, 0.2) is 70.9 Å². The zero-order valence-electron chi connectivity index (χ0n) is 55.6. The molecule has 0 aromatic heterocycles. The number of carbonyl (C=O) groups excluding carboxylic acids is 2. The van der Waals surface area contributed by atoms with E-state index in [0.717, 1.165) is 64.2 Å². The van der Waals surface area contributed by atoms with Gasteiger partial charge in [0.2, 0.25) is 0 Å². The molecule has 0 spiro atoms. The van der Waals surface area contributed by atoms with Crippen LogP contribution in [0, 0.1) is 5.92 Å². The molecule has 2 atom stereocenters. The highest BCUT2D eigenvalue weighted by Gasteiger charge is 2.33. The molecular weight excluding hydrogens is 1000 g/mol. The molecule has 5 heteroatoms. The molecule has 1 saturated carbocycles. The minimum absolute atomic E-state index is 0.137. The van der Waals surface area contributed by atoms with Crippen molar-refractivity contribution in [1.29, 1.82) is 0 Å². The highest BCUT2D eigenvalue weighted by molar-refractivity contribution is 5.95. The van der Waals surface area contributed by atoms with Gasteiger partial charge in [-0.05, 0) is 207 Å². The zero-order chi connectivity index (χ0) is 59.0. The Balaban J connectivity index is 2.12. The summed E-state index contributed by atoms with van der Waals surface area (Å²) in [6, 6.07) is 0. The number of unbranched alkanes of at least 4 members (excludes halogenated alkanes) is 22. The molecule has 1 aliphatic carbocycles. The Morgan fingerprint density at radius 3 is 1.16 bits per heavy atom. The van der Waals surface area contributed by atoms with Crippen LogP contribution >= 0.6 is 0 Å². The predicted octanol–water partition coefficient (Wildman–Crippen LogP) is 24.6. The summed E-state index contributed by atoms with van der Waals surface area (Å²) in [6.45, 7) is 9.87. The number of hydrogen-bond acceptors (Lipinski definition) is 5. The van der Waals surface area contributed by atoms with Crippen LogP contribution in [-0.4, -0.2) is 49.7 Å². The minimum Gasteiger partial charge on any atom is -0.462 e. The Kier molecular flexibility index (Phi) is 51.7. The van der Waals surface area contributed by atoms with Crippen molar-refractivity contribution in [2.24, 2.45) is 5.92 Å². The van der Waals surface area contributed by atoms with E-state index < -0.39 is 5.92 Å². The molecular formula is C77H137NO4. The van der Waals surface area contributed by atoms with Crippen LogP contribution in [0.2, 0.25) is 0 Å². The maximum Gasteiger partial charge on any atom is 0.320 e. The third-order valence-electron chi connectivity index (χ3n) is 18.0. The number of allylic oxidation sites excluding steroid dienone is 12. The molecule has 2 rings (SSSR count). The van der Waals surface area contributed by atoms with Gasteiger partial charge < -0.3 is 14.4 Å². The molecule has 5 nitrogen and oxygen atoms in total. The van der Waals surface area contributed by atoms with Gasteiger partial charge in [-0.2, -0.15) is 0 Å². The first kappa shape index (κ1) is 75.4. The lowest BCUT2D eigenvalue weighted by Gasteiger charge is -2.30. The first-order valence-corrected chi connectivity index (χ1v) is 36.4. The van der Waals surface area contributed by atoms with Gasteiger partial charge in [-0.1, -0.05) is 253 Å². The second-order valence-electron chi connectivity index (χ2n) is 26.0. The van der Waals surface area contributed by atoms with Gasteiger partial charge in [0.25, 0.3) is 0 Å². The van der Waals surface area contributed by atoms with E-state index in [4.69, 9.17) is 9.47 Å². The van der Waals surface area contributed by atoms with Crippen molar-refractivity contribution in [1.82, 2.24) is 4.90 Å². The van der Waals surface area contributed by atoms with E-state index in [2.05, 4.69) is 81.2 Å². The largest absolute Gasteiger partial charge is 0.462 e. The van der Waals surface area contributed by atoms with Crippen LogP contribution in [0.25, 0.3) is 0 Å². The van der Waals surface area contributed by atoms with E-state index >= 15 is 0 Å². The third-order valence-corrected chi connectivity index (χ3v) is 18.0. The summed E-state index contributed by atoms with van der Waals surface area (Å²) in [6.07, 6.45) is 82.6. The molecule has 0 radical (unpaired) electrons. The second-order valence-corrected chi connectivity index (χ2v) is 26.0. The van der Waals surface area contributed by atoms with Crippen molar-refractivity contribution < 1.29 is 19.1 Å². The van der Waals surface area contributed by atoms with E-state index in [9.17, 15) is 9.59 Å². The summed E-state index contributed by atoms with van der Waals surface area (Å²) in [5.41, 5.74) is 7.28. The topological polar surface area (TPSA) is 55.8 Å². The van der Waals surface area contributed by atoms with Gasteiger partial charge in [-0.3, -0.25) is 9.59 Å². The van der Waals surface area contributed by atoms with Gasteiger partial charge in [0.1, 0.15) is 12.2 Å². The van der Waals surface area contributed by atoms with Gasteiger partial charge in [0.15, 0.2) is 5.92 Å². The highest BCUT2D eigenvalue weighted by atomic mass is 16.6. The van der Waals surface area contributed by atoms with Crippen LogP contribution in [0.5, 0.6) is 0 Å². The van der Waals surface area contributed by atoms with Crippen LogP contribution in [0.3, 0.4) is 0 Å². The van der Waals surface area contributed by atoms with Gasteiger partial charge in [0.05, 0.1) is 0 Å². The summed E-state index contributed by atoms with van der Waals surface area (Å²) in [7, 11) is 4.05. The van der Waals surface area contributed by atoms with Crippen molar-refractivity contribution in [2.45, 2.75) is 380 Å². The molecule has 0 N–H and O–H groups in total. The molecule has 1 saturated heterocycles. The van der Waals surface area contributed by atoms with Gasteiger partial charge in [-0.25, -0.2) is 0 Å². The monoisotopic (exact) mass is 1140 g/mol. The summed E-state index contributed by atoms with van der Waals surface area (Å²) >= 11 is 0. The number of carbonyl (C=O) groups is 2. The number of cyclic esters (lactones) is 2. The van der Waals surface area contributed by atoms with Gasteiger partial charge in [-0.15, -0.1) is 0 Å². The molecule has 0 amide bonds. The van der Waals surface area contributed by atoms with Crippen molar-refractivity contribution in [2.75, 3.05) is 20.6 Å². The fourth-order valence-electron chi connectivity index (χ4n) is 12.4. The average molecular weight is 1140 g/mol. The van der Waals surface area contributed by atoms with Gasteiger partial charge >= 0.3 is 11.9 Å². The molecule has 0 aromatic rings. The van der Waals surface area contributed by atoms with Crippen LogP contribution < -0.4 is 0 Å². The van der Waals surface area contributed by atoms with Crippen LogP contribution in [0.1, 0.15) is 368 Å². The third kappa shape index (κ3) is 43.0. The Morgan fingerprint density at radius 1 is 0.402 bits per heavy atom. The minimum atomic E-state index is -0.870. The first-order valence-electron chi connectivity index (χ1n) is 36.4. The number of nitrogens with zero attached hydrogens (tertiary/aromatic N) is 1. The first-order chi connectivity index (χ1) is 40.3. The highest BCUT2D eigenvalue weighted by Crippen LogP contribution is 2.42. The lowest BCUT2D eigenvalue weighted by Crippen LogP contribution is -2.35. The van der Waals surface area contributed by atoms with E-state index in [-0.39, 0.29) is 24.1 Å². The quantitative estimate of drug-likeness (QED) is 0.0264. The summed E-state index contributed by atoms with van der Waals surface area (Å²) in [5.74, 6) is -1.56. The number of rotatable bonds is 41. The fourth-order valence-corrected chi connectivity index (χ4v) is 12.4. The Bertz CT molecular complexity index is 1570. The van der Waals surface area contributed by atoms with Crippen LogP contribution in [-0.2, 0) is 19.1 Å². The van der Waals surface area contributed by atoms with Gasteiger partial charge in [0, 0.05) is 0 Å². The van der Waals surface area contributed by atoms with E-state index in [1.807, 2.05) is 36.4 Å². The number of ether oxygens (including phenoxy) is 2. The van der Waals surface area contributed by atoms with E-state index in [1.54, 1.807) is 0 Å². The Morgan fingerprint density at radius 2 is 0.756 bits per heavy atom. The van der Waals surface area contributed by atoms with Crippen molar-refractivity contribution in [3.63, 3.8) is 0 Å². The lowest BCUT2D eigenvalue weighted by atomic mass is 9.76. The standard InChI is InChI=1S/C77H137NO4/c1-7-11-15-17-19-21-23-25-27-29-31-33-35-37-45-53-61-73-63-55-47-41-39-43-51-59-70(72-67-71(68-72)69(57-49-13-9-3)58-50-14-10-4)60-52-44-40-42-48-56-64-74(82-77(80)75(76(79)81-73)65-66-78(5)6)62-54-46-38-36-34-32-30-28-26-24-22-20-18-16-12-8-2/h19-22,25-28,73-75H,7-18,23-24,29-68H2,1-6H3/b21-19-,22-20-,27-25-,28-26-. The smallest absolute Gasteiger partial charge is 0.320 e. The van der Waals surface area contributed by atoms with Crippen molar-refractivity contribution in [3.05, 3.63) is 70.9 Å². The molecule has 2 fully saturated rings. The molecule has 0 aromatic carbocycles. The van der Waals surface area contributed by atoms with Crippen LogP contribution in [0.4, 0.5) is 0 Å². The SMILES string of the molecule is CCCCC/C=C\C/C=C\CCCCCCCCC1CCCCCCCCC(=C2CC(=C(CCCCC)CCCCC)C2)CCCCCCCCC(CCCCCCCC/C=C\C/C=C\CCCCC)OC(=O)C(CCN(C)C)C(=O)O1. The lowest BCUT2D eigenvalue weighted by molar-refractivity contribution is -0.169. The number of hydrogen-bond donors (Lipinski definition) is 0. The summed E-state index contributed by atoms with van der Waals surface area (Å²) < 4.78 is 13.0. The molecule has 2 unspecified atom stereocenters. The average Bonchev–Trinajstić information content (AvgIpc) is 3.47. The van der Waals surface area contributed by atoms with Crippen molar-refractivity contribution in [3.8, 4) is 0 Å².